The molecule has 0 aliphatic carbocycles. The van der Waals surface area contributed by atoms with E-state index in [0.29, 0.717) is 23.8 Å². The fraction of sp³-hybridized carbons (Fsp3) is 0.333. The molecule has 0 radical (unpaired) electrons. The lowest BCUT2D eigenvalue weighted by molar-refractivity contribution is -0.155. The lowest BCUT2D eigenvalue weighted by Crippen LogP contribution is -2.35. The van der Waals surface area contributed by atoms with Crippen LogP contribution in [0.3, 0.4) is 0 Å². The third kappa shape index (κ3) is 5.39. The summed E-state index contributed by atoms with van der Waals surface area (Å²) in [5.41, 5.74) is 1.94. The molecule has 0 aromatic heterocycles. The molecule has 0 spiro atoms. The van der Waals surface area contributed by atoms with Gasteiger partial charge in [-0.25, -0.2) is 0 Å². The van der Waals surface area contributed by atoms with Crippen LogP contribution in [0, 0.1) is 6.92 Å². The number of hydrogen-bond acceptors (Lipinski definition) is 6. The zero-order chi connectivity index (χ0) is 19.9. The Hall–Kier alpha value is -3.22. The highest BCUT2D eigenvalue weighted by Crippen LogP contribution is 2.32. The fourth-order valence-corrected chi connectivity index (χ4v) is 2.65. The highest BCUT2D eigenvalue weighted by atomic mass is 16.7. The third-order valence-electron chi connectivity index (χ3n) is 4.15. The van der Waals surface area contributed by atoms with Gasteiger partial charge in [0, 0.05) is 6.54 Å². The molecule has 0 fully saturated rings. The molecule has 2 aromatic rings. The molecule has 1 aliphatic heterocycles. The lowest BCUT2D eigenvalue weighted by atomic mass is 10.2. The van der Waals surface area contributed by atoms with E-state index >= 15 is 0 Å². The largest absolute Gasteiger partial charge is 0.493 e. The van der Waals surface area contributed by atoms with Crippen LogP contribution in [0.1, 0.15) is 24.5 Å². The van der Waals surface area contributed by atoms with Gasteiger partial charge < -0.3 is 24.3 Å². The molecule has 1 amide bonds. The van der Waals surface area contributed by atoms with Gasteiger partial charge in [0.25, 0.3) is 5.91 Å². The number of rotatable bonds is 8. The second kappa shape index (κ2) is 9.12. The monoisotopic (exact) mass is 385 g/mol. The number of benzene rings is 2. The van der Waals surface area contributed by atoms with E-state index in [2.05, 4.69) is 5.32 Å². The Morgan fingerprint density at radius 3 is 2.79 bits per heavy atom. The number of aryl methyl sites for hydroxylation is 1. The molecule has 0 saturated heterocycles. The number of carbonyl (C=O) groups is 2. The van der Waals surface area contributed by atoms with Crippen LogP contribution in [0.4, 0.5) is 0 Å². The summed E-state index contributed by atoms with van der Waals surface area (Å²) in [6.45, 7) is 4.19. The predicted molar refractivity (Wildman–Crippen MR) is 101 cm³/mol. The van der Waals surface area contributed by atoms with Crippen molar-refractivity contribution < 1.29 is 28.5 Å². The fourth-order valence-electron chi connectivity index (χ4n) is 2.65. The summed E-state index contributed by atoms with van der Waals surface area (Å²) < 4.78 is 21.2. The van der Waals surface area contributed by atoms with Gasteiger partial charge in [0.2, 0.25) is 6.79 Å². The molecule has 28 heavy (non-hydrogen) atoms. The van der Waals surface area contributed by atoms with E-state index in [1.165, 1.54) is 6.92 Å². The molecule has 0 bridgehead atoms. The van der Waals surface area contributed by atoms with Gasteiger partial charge in [0.15, 0.2) is 17.6 Å². The van der Waals surface area contributed by atoms with Gasteiger partial charge in [-0.1, -0.05) is 18.2 Å². The van der Waals surface area contributed by atoms with Crippen LogP contribution < -0.4 is 19.5 Å². The molecule has 3 rings (SSSR count). The van der Waals surface area contributed by atoms with Gasteiger partial charge in [-0.3, -0.25) is 9.59 Å². The topological polar surface area (TPSA) is 83.1 Å². The van der Waals surface area contributed by atoms with Gasteiger partial charge in [-0.2, -0.15) is 0 Å². The molecule has 148 valence electrons. The third-order valence-corrected chi connectivity index (χ3v) is 4.15. The summed E-state index contributed by atoms with van der Waals surface area (Å²) in [4.78, 5) is 24.0. The van der Waals surface area contributed by atoms with E-state index in [0.717, 1.165) is 11.1 Å². The molecule has 2 aromatic carbocycles. The minimum atomic E-state index is -0.888. The minimum Gasteiger partial charge on any atom is -0.493 e. The summed E-state index contributed by atoms with van der Waals surface area (Å²) in [6.07, 6.45) is -0.825. The highest BCUT2D eigenvalue weighted by Gasteiger charge is 2.18. The number of amides is 1. The van der Waals surface area contributed by atoms with Crippen molar-refractivity contribution in [2.75, 3.05) is 13.4 Å². The Labute approximate surface area is 163 Å². The maximum atomic E-state index is 12.1. The Bertz CT molecular complexity index is 851. The number of esters is 1. The summed E-state index contributed by atoms with van der Waals surface area (Å²) in [7, 11) is 0. The zero-order valence-electron chi connectivity index (χ0n) is 15.9. The van der Waals surface area contributed by atoms with Crippen molar-refractivity contribution in [3.63, 3.8) is 0 Å². The second-order valence-electron chi connectivity index (χ2n) is 6.45. The molecule has 1 heterocycles. The van der Waals surface area contributed by atoms with Crippen molar-refractivity contribution >= 4 is 11.9 Å². The molecule has 1 aliphatic rings. The first kappa shape index (κ1) is 19.5. The van der Waals surface area contributed by atoms with Crippen molar-refractivity contribution in [1.82, 2.24) is 5.32 Å². The highest BCUT2D eigenvalue weighted by molar-refractivity contribution is 5.83. The maximum absolute atomic E-state index is 12.1. The van der Waals surface area contributed by atoms with Crippen LogP contribution in [0.2, 0.25) is 0 Å². The number of hydrogen-bond donors (Lipinski definition) is 1. The van der Waals surface area contributed by atoms with Gasteiger partial charge >= 0.3 is 5.97 Å². The normalized spacial score (nSPS) is 12.9. The number of ether oxygens (including phenoxy) is 4. The van der Waals surface area contributed by atoms with E-state index in [4.69, 9.17) is 18.9 Å². The standard InChI is InChI=1S/C21H23NO6/c1-14-4-3-5-17(10-14)25-9-8-20(23)28-15(2)21(24)22-12-16-6-7-18-19(11-16)27-13-26-18/h3-7,10-11,15H,8-9,12-13H2,1-2H3,(H,22,24)/t15-/m0/s1. The molecule has 7 nitrogen and oxygen atoms in total. The molecule has 0 saturated carbocycles. The van der Waals surface area contributed by atoms with Crippen LogP contribution in [0.25, 0.3) is 0 Å². The molecular weight excluding hydrogens is 362 g/mol. The van der Waals surface area contributed by atoms with Crippen molar-refractivity contribution in [2.45, 2.75) is 32.9 Å². The van der Waals surface area contributed by atoms with E-state index in [1.807, 2.05) is 43.3 Å². The SMILES string of the molecule is Cc1cccc(OCCC(=O)O[C@@H](C)C(=O)NCc2ccc3c(c2)OCO3)c1. The van der Waals surface area contributed by atoms with Gasteiger partial charge in [0.05, 0.1) is 13.0 Å². The van der Waals surface area contributed by atoms with Gasteiger partial charge in [-0.15, -0.1) is 0 Å². The average Bonchev–Trinajstić information content (AvgIpc) is 3.14. The first-order chi connectivity index (χ1) is 13.5. The Morgan fingerprint density at radius 1 is 1.14 bits per heavy atom. The molecule has 7 heteroatoms. The minimum absolute atomic E-state index is 0.0632. The molecule has 0 unspecified atom stereocenters. The van der Waals surface area contributed by atoms with E-state index in [-0.39, 0.29) is 25.7 Å². The smallest absolute Gasteiger partial charge is 0.310 e. The molecule has 1 N–H and O–H groups in total. The van der Waals surface area contributed by atoms with Crippen molar-refractivity contribution in [2.24, 2.45) is 0 Å². The molecular formula is C21H23NO6. The van der Waals surface area contributed by atoms with Gasteiger partial charge in [0.1, 0.15) is 5.75 Å². The number of nitrogens with one attached hydrogen (secondary N) is 1. The predicted octanol–water partition coefficient (Wildman–Crippen LogP) is 2.74. The zero-order valence-corrected chi connectivity index (χ0v) is 15.9. The Morgan fingerprint density at radius 2 is 1.96 bits per heavy atom. The van der Waals surface area contributed by atoms with Crippen LogP contribution in [0.5, 0.6) is 17.2 Å². The lowest BCUT2D eigenvalue weighted by Gasteiger charge is -2.14. The quantitative estimate of drug-likeness (QED) is 0.704. The number of fused-ring (bicyclic) bond motifs is 1. The van der Waals surface area contributed by atoms with E-state index in [9.17, 15) is 9.59 Å². The maximum Gasteiger partial charge on any atom is 0.310 e. The first-order valence-corrected chi connectivity index (χ1v) is 9.06. The first-order valence-electron chi connectivity index (χ1n) is 9.06. The Balaban J connectivity index is 1.38. The van der Waals surface area contributed by atoms with Crippen molar-refractivity contribution in [1.29, 1.82) is 0 Å². The summed E-state index contributed by atoms with van der Waals surface area (Å²) in [5, 5.41) is 2.74. The van der Waals surface area contributed by atoms with E-state index < -0.39 is 12.1 Å². The number of carbonyl (C=O) groups excluding carboxylic acids is 2. The second-order valence-corrected chi connectivity index (χ2v) is 6.45. The van der Waals surface area contributed by atoms with Crippen LogP contribution >= 0.6 is 0 Å². The Kier molecular flexibility index (Phi) is 6.37. The van der Waals surface area contributed by atoms with E-state index in [1.54, 1.807) is 6.07 Å². The van der Waals surface area contributed by atoms with Crippen LogP contribution in [-0.2, 0) is 20.9 Å². The van der Waals surface area contributed by atoms with Crippen molar-refractivity contribution in [3.05, 3.63) is 53.6 Å². The molecule has 1 atom stereocenters. The van der Waals surface area contributed by atoms with Crippen LogP contribution in [-0.4, -0.2) is 31.4 Å². The summed E-state index contributed by atoms with van der Waals surface area (Å²) in [5.74, 6) is 1.18. The van der Waals surface area contributed by atoms with Gasteiger partial charge in [-0.05, 0) is 49.2 Å². The summed E-state index contributed by atoms with van der Waals surface area (Å²) >= 11 is 0. The summed E-state index contributed by atoms with van der Waals surface area (Å²) in [6, 6.07) is 13.0. The average molecular weight is 385 g/mol. The van der Waals surface area contributed by atoms with Crippen LogP contribution in [0.15, 0.2) is 42.5 Å². The van der Waals surface area contributed by atoms with Crippen molar-refractivity contribution in [3.8, 4) is 17.2 Å².